The van der Waals surface area contributed by atoms with Gasteiger partial charge in [-0.05, 0) is 20.8 Å². The Bertz CT molecular complexity index is 408. The second-order valence-electron chi connectivity index (χ2n) is 3.88. The molecule has 7 heteroatoms. The minimum atomic E-state index is -0.570. The summed E-state index contributed by atoms with van der Waals surface area (Å²) in [7, 11) is 0. The van der Waals surface area contributed by atoms with E-state index in [9.17, 15) is 4.79 Å². The van der Waals surface area contributed by atoms with Gasteiger partial charge in [0.1, 0.15) is 18.1 Å². The van der Waals surface area contributed by atoms with E-state index in [1.807, 2.05) is 13.8 Å². The molecule has 5 N–H and O–H groups in total. The van der Waals surface area contributed by atoms with E-state index in [1.54, 1.807) is 6.92 Å². The highest BCUT2D eigenvalue weighted by molar-refractivity contribution is 5.83. The molecule has 17 heavy (non-hydrogen) atoms. The summed E-state index contributed by atoms with van der Waals surface area (Å²) in [5, 5.41) is 2.79. The molecule has 0 aliphatic carbocycles. The van der Waals surface area contributed by atoms with E-state index in [4.69, 9.17) is 16.2 Å². The molecule has 0 radical (unpaired) electrons. The molecule has 7 nitrogen and oxygen atoms in total. The molecule has 1 heterocycles. The van der Waals surface area contributed by atoms with Crippen molar-refractivity contribution in [3.05, 3.63) is 6.33 Å². The highest BCUT2D eigenvalue weighted by Gasteiger charge is 2.14. The lowest BCUT2D eigenvalue weighted by Gasteiger charge is -2.15. The number of primary amides is 1. The number of nitrogen functional groups attached to an aromatic ring is 1. The summed E-state index contributed by atoms with van der Waals surface area (Å²) in [5.41, 5.74) is 11.2. The van der Waals surface area contributed by atoms with Gasteiger partial charge in [-0.1, -0.05) is 0 Å². The van der Waals surface area contributed by atoms with Gasteiger partial charge in [-0.15, -0.1) is 0 Å². The van der Waals surface area contributed by atoms with Gasteiger partial charge >= 0.3 is 0 Å². The Balaban J connectivity index is 2.90. The van der Waals surface area contributed by atoms with E-state index in [1.165, 1.54) is 6.33 Å². The lowest BCUT2D eigenvalue weighted by Crippen LogP contribution is -2.33. The van der Waals surface area contributed by atoms with Crippen LogP contribution in [0.5, 0.6) is 5.88 Å². The van der Waals surface area contributed by atoms with Gasteiger partial charge in [0, 0.05) is 0 Å². The zero-order valence-corrected chi connectivity index (χ0v) is 10.1. The van der Waals surface area contributed by atoms with Crippen molar-refractivity contribution in [3.63, 3.8) is 0 Å². The Morgan fingerprint density at radius 1 is 1.41 bits per heavy atom. The van der Waals surface area contributed by atoms with Crippen molar-refractivity contribution in [3.8, 4) is 5.88 Å². The summed E-state index contributed by atoms with van der Waals surface area (Å²) in [4.78, 5) is 18.8. The molecule has 0 bridgehead atoms. The Hall–Kier alpha value is -2.05. The van der Waals surface area contributed by atoms with Crippen LogP contribution < -0.4 is 21.5 Å². The summed E-state index contributed by atoms with van der Waals surface area (Å²) >= 11 is 0. The Kier molecular flexibility index (Phi) is 4.08. The van der Waals surface area contributed by atoms with E-state index in [-0.39, 0.29) is 17.7 Å². The number of hydrogen-bond donors (Lipinski definition) is 3. The number of nitrogens with zero attached hydrogens (tertiary/aromatic N) is 2. The number of aromatic nitrogens is 2. The molecule has 0 aliphatic heterocycles. The molecule has 0 aliphatic rings. The minimum absolute atomic E-state index is 0.0476. The van der Waals surface area contributed by atoms with Gasteiger partial charge in [-0.2, -0.15) is 4.98 Å². The summed E-state index contributed by atoms with van der Waals surface area (Å²) in [6.45, 7) is 5.34. The van der Waals surface area contributed by atoms with E-state index < -0.39 is 11.9 Å². The summed E-state index contributed by atoms with van der Waals surface area (Å²) < 4.78 is 5.40. The van der Waals surface area contributed by atoms with Gasteiger partial charge in [0.15, 0.2) is 5.82 Å². The average molecular weight is 239 g/mol. The Labute approximate surface area is 99.6 Å². The predicted molar refractivity (Wildman–Crippen MR) is 64.5 cm³/mol. The van der Waals surface area contributed by atoms with Gasteiger partial charge in [-0.25, -0.2) is 4.98 Å². The molecule has 1 unspecified atom stereocenters. The highest BCUT2D eigenvalue weighted by atomic mass is 16.5. The van der Waals surface area contributed by atoms with E-state index in [0.29, 0.717) is 5.82 Å². The van der Waals surface area contributed by atoms with Crippen LogP contribution in [0.25, 0.3) is 0 Å². The molecule has 0 aromatic carbocycles. The number of ether oxygens (including phenoxy) is 1. The lowest BCUT2D eigenvalue weighted by molar-refractivity contribution is -0.118. The zero-order valence-electron chi connectivity index (χ0n) is 10.1. The topological polar surface area (TPSA) is 116 Å². The largest absolute Gasteiger partial charge is 0.473 e. The zero-order chi connectivity index (χ0) is 13.0. The Morgan fingerprint density at radius 2 is 2.06 bits per heavy atom. The smallest absolute Gasteiger partial charge is 0.242 e. The molecular weight excluding hydrogens is 222 g/mol. The van der Waals surface area contributed by atoms with Gasteiger partial charge in [0.05, 0.1) is 6.10 Å². The van der Waals surface area contributed by atoms with Gasteiger partial charge < -0.3 is 21.5 Å². The van der Waals surface area contributed by atoms with Crippen LogP contribution in [-0.4, -0.2) is 28.0 Å². The normalized spacial score (nSPS) is 12.2. The molecule has 1 amide bonds. The van der Waals surface area contributed by atoms with Crippen LogP contribution in [0.1, 0.15) is 20.8 Å². The van der Waals surface area contributed by atoms with Crippen LogP contribution in [0, 0.1) is 0 Å². The molecule has 0 spiro atoms. The number of carbonyl (C=O) groups excluding carboxylic acids is 1. The third-order valence-electron chi connectivity index (χ3n) is 1.97. The van der Waals surface area contributed by atoms with Crippen LogP contribution in [0.3, 0.4) is 0 Å². The predicted octanol–water partition coefficient (Wildman–Crippen LogP) is 0.132. The Morgan fingerprint density at radius 3 is 2.59 bits per heavy atom. The number of carbonyl (C=O) groups is 1. The highest BCUT2D eigenvalue weighted by Crippen LogP contribution is 2.25. The molecular formula is C10H17N5O2. The maximum absolute atomic E-state index is 10.9. The molecule has 0 saturated heterocycles. The van der Waals surface area contributed by atoms with Crippen molar-refractivity contribution in [2.24, 2.45) is 5.73 Å². The van der Waals surface area contributed by atoms with Crippen molar-refractivity contribution in [2.45, 2.75) is 32.9 Å². The fourth-order valence-corrected chi connectivity index (χ4v) is 1.09. The molecule has 94 valence electrons. The molecule has 1 aromatic rings. The number of nitrogens with two attached hydrogens (primary N) is 2. The second-order valence-corrected chi connectivity index (χ2v) is 3.88. The van der Waals surface area contributed by atoms with E-state index in [0.717, 1.165) is 0 Å². The van der Waals surface area contributed by atoms with Crippen LogP contribution in [0.15, 0.2) is 6.33 Å². The fourth-order valence-electron chi connectivity index (χ4n) is 1.09. The van der Waals surface area contributed by atoms with E-state index >= 15 is 0 Å². The summed E-state index contributed by atoms with van der Waals surface area (Å²) in [6, 6.07) is -0.570. The number of hydrogen-bond acceptors (Lipinski definition) is 6. The minimum Gasteiger partial charge on any atom is -0.473 e. The average Bonchev–Trinajstić information content (AvgIpc) is 2.23. The first-order valence-electron chi connectivity index (χ1n) is 5.24. The second kappa shape index (κ2) is 5.33. The summed E-state index contributed by atoms with van der Waals surface area (Å²) in [6.07, 6.45) is 1.26. The van der Waals surface area contributed by atoms with Crippen LogP contribution in [-0.2, 0) is 4.79 Å². The number of anilines is 2. The standard InChI is InChI=1S/C10H17N5O2/c1-5(2)17-10-7(11)9(13-4-14-10)15-6(3)8(12)16/h4-6H,11H2,1-3H3,(H2,12,16)(H,13,14,15). The molecule has 1 aromatic heterocycles. The maximum Gasteiger partial charge on any atom is 0.242 e. The van der Waals surface area contributed by atoms with Gasteiger partial charge in [0.25, 0.3) is 0 Å². The number of nitrogens with one attached hydrogen (secondary N) is 1. The lowest BCUT2D eigenvalue weighted by atomic mass is 10.3. The third kappa shape index (κ3) is 3.47. The first-order chi connectivity index (χ1) is 7.91. The van der Waals surface area contributed by atoms with Crippen molar-refractivity contribution in [1.29, 1.82) is 0 Å². The van der Waals surface area contributed by atoms with Crippen molar-refractivity contribution in [1.82, 2.24) is 9.97 Å². The van der Waals surface area contributed by atoms with Crippen molar-refractivity contribution < 1.29 is 9.53 Å². The first kappa shape index (κ1) is 13.0. The molecule has 0 saturated carbocycles. The summed E-state index contributed by atoms with van der Waals surface area (Å²) in [5.74, 6) is 0.130. The van der Waals surface area contributed by atoms with Crippen molar-refractivity contribution in [2.75, 3.05) is 11.1 Å². The van der Waals surface area contributed by atoms with Gasteiger partial charge in [-0.3, -0.25) is 4.79 Å². The number of rotatable bonds is 5. The molecule has 1 rings (SSSR count). The number of amides is 1. The van der Waals surface area contributed by atoms with Crippen LogP contribution >= 0.6 is 0 Å². The van der Waals surface area contributed by atoms with Crippen LogP contribution in [0.2, 0.25) is 0 Å². The van der Waals surface area contributed by atoms with Gasteiger partial charge in [0.2, 0.25) is 11.8 Å². The molecule has 1 atom stereocenters. The van der Waals surface area contributed by atoms with Crippen LogP contribution in [0.4, 0.5) is 11.5 Å². The van der Waals surface area contributed by atoms with Crippen molar-refractivity contribution >= 4 is 17.4 Å². The SMILES string of the molecule is CC(C)Oc1ncnc(NC(C)C(N)=O)c1N. The third-order valence-corrected chi connectivity index (χ3v) is 1.97. The molecule has 0 fully saturated rings. The monoisotopic (exact) mass is 239 g/mol. The quantitative estimate of drug-likeness (QED) is 0.672. The first-order valence-corrected chi connectivity index (χ1v) is 5.24. The maximum atomic E-state index is 10.9. The fraction of sp³-hybridized carbons (Fsp3) is 0.500. The van der Waals surface area contributed by atoms with E-state index in [2.05, 4.69) is 15.3 Å².